The van der Waals surface area contributed by atoms with Crippen LogP contribution < -0.4 is 17.0 Å². The molecule has 0 atom stereocenters. The van der Waals surface area contributed by atoms with E-state index in [1.54, 1.807) is 0 Å². The summed E-state index contributed by atoms with van der Waals surface area (Å²) in [4.78, 5) is 14.6. The van der Waals surface area contributed by atoms with Crippen LogP contribution in [0.25, 0.3) is 0 Å². The number of anilines is 1. The number of pyridine rings is 1. The Bertz CT molecular complexity index is 273. The first-order valence-electron chi connectivity index (χ1n) is 2.96. The van der Waals surface area contributed by atoms with Gasteiger partial charge >= 0.3 is 0 Å². The van der Waals surface area contributed by atoms with Crippen LogP contribution in [0.4, 0.5) is 5.69 Å². The van der Waals surface area contributed by atoms with Crippen LogP contribution in [0.5, 0.6) is 0 Å². The summed E-state index contributed by atoms with van der Waals surface area (Å²) < 4.78 is 0. The van der Waals surface area contributed by atoms with E-state index < -0.39 is 5.91 Å². The Hall–Kier alpha value is -1.62. The van der Waals surface area contributed by atoms with Crippen LogP contribution >= 0.6 is 0 Å². The molecule has 0 aliphatic rings. The molecule has 0 spiro atoms. The predicted molar refractivity (Wildman–Crippen MR) is 40.3 cm³/mol. The molecule has 0 fully saturated rings. The fraction of sp³-hybridized carbons (Fsp3) is 0. The monoisotopic (exact) mass is 152 g/mol. The molecular formula is C6H8N4O. The molecule has 1 rings (SSSR count). The second-order valence-corrected chi connectivity index (χ2v) is 1.94. The maximum absolute atomic E-state index is 10.9. The smallest absolute Gasteiger partial charge is 0.267 e. The van der Waals surface area contributed by atoms with Crippen molar-refractivity contribution in [1.29, 1.82) is 0 Å². The van der Waals surface area contributed by atoms with Crippen LogP contribution in [0.15, 0.2) is 18.5 Å². The van der Waals surface area contributed by atoms with Crippen LogP contribution in [-0.4, -0.2) is 10.9 Å². The first kappa shape index (κ1) is 7.49. The topological polar surface area (TPSA) is 94.0 Å². The van der Waals surface area contributed by atoms with Crippen molar-refractivity contribution >= 4 is 11.6 Å². The fourth-order valence-electron chi connectivity index (χ4n) is 0.691. The van der Waals surface area contributed by atoms with Crippen molar-refractivity contribution in [3.8, 4) is 0 Å². The number of nitrogens with zero attached hydrogens (tertiary/aromatic N) is 1. The maximum Gasteiger partial charge on any atom is 0.267 e. The molecule has 0 unspecified atom stereocenters. The molecule has 0 aliphatic carbocycles. The average molecular weight is 152 g/mol. The summed E-state index contributed by atoms with van der Waals surface area (Å²) >= 11 is 0. The minimum Gasteiger partial charge on any atom is -0.397 e. The summed E-state index contributed by atoms with van der Waals surface area (Å²) in [7, 11) is 0. The second-order valence-electron chi connectivity index (χ2n) is 1.94. The molecule has 0 aliphatic heterocycles. The van der Waals surface area contributed by atoms with Crippen molar-refractivity contribution in [2.75, 3.05) is 5.73 Å². The van der Waals surface area contributed by atoms with Gasteiger partial charge in [0.1, 0.15) is 0 Å². The number of hydrogen-bond acceptors (Lipinski definition) is 4. The zero-order valence-corrected chi connectivity index (χ0v) is 5.74. The second kappa shape index (κ2) is 2.98. The number of nitrogens with one attached hydrogen (secondary N) is 1. The average Bonchev–Trinajstić information content (AvgIpc) is 2.04. The molecule has 1 aromatic heterocycles. The summed E-state index contributed by atoms with van der Waals surface area (Å²) in [6.45, 7) is 0. The van der Waals surface area contributed by atoms with Crippen molar-refractivity contribution in [1.82, 2.24) is 10.4 Å². The highest BCUT2D eigenvalue weighted by Crippen LogP contribution is 2.06. The normalized spacial score (nSPS) is 9.18. The van der Waals surface area contributed by atoms with E-state index in [0.29, 0.717) is 11.3 Å². The Morgan fingerprint density at radius 1 is 1.64 bits per heavy atom. The highest BCUT2D eigenvalue weighted by Gasteiger charge is 2.05. The lowest BCUT2D eigenvalue weighted by Gasteiger charge is -2.00. The Kier molecular flexibility index (Phi) is 2.03. The molecule has 0 saturated heterocycles. The van der Waals surface area contributed by atoms with Gasteiger partial charge in [-0.05, 0) is 6.07 Å². The highest BCUT2D eigenvalue weighted by atomic mass is 16.2. The van der Waals surface area contributed by atoms with E-state index in [1.807, 2.05) is 5.43 Å². The van der Waals surface area contributed by atoms with Crippen molar-refractivity contribution in [3.05, 3.63) is 24.0 Å². The van der Waals surface area contributed by atoms with Gasteiger partial charge in [-0.3, -0.25) is 15.2 Å². The third-order valence-corrected chi connectivity index (χ3v) is 1.23. The van der Waals surface area contributed by atoms with E-state index in [4.69, 9.17) is 11.6 Å². The number of rotatable bonds is 1. The number of aromatic nitrogens is 1. The molecule has 1 heterocycles. The van der Waals surface area contributed by atoms with Crippen molar-refractivity contribution in [3.63, 3.8) is 0 Å². The van der Waals surface area contributed by atoms with Gasteiger partial charge in [0.05, 0.1) is 17.4 Å². The molecule has 0 saturated carbocycles. The minimum atomic E-state index is -0.412. The van der Waals surface area contributed by atoms with Crippen LogP contribution in [-0.2, 0) is 0 Å². The zero-order chi connectivity index (χ0) is 8.27. The summed E-state index contributed by atoms with van der Waals surface area (Å²) in [6, 6.07) is 1.50. The highest BCUT2D eigenvalue weighted by molar-refractivity contribution is 5.98. The SMILES string of the molecule is NNC(=O)c1ccncc1N. The molecule has 11 heavy (non-hydrogen) atoms. The molecule has 5 N–H and O–H groups in total. The van der Waals surface area contributed by atoms with Gasteiger partial charge in [-0.25, -0.2) is 5.84 Å². The lowest BCUT2D eigenvalue weighted by Crippen LogP contribution is -2.30. The number of hydrogen-bond donors (Lipinski definition) is 3. The van der Waals surface area contributed by atoms with Crippen molar-refractivity contribution in [2.45, 2.75) is 0 Å². The summed E-state index contributed by atoms with van der Waals surface area (Å²) in [6.07, 6.45) is 2.87. The fourth-order valence-corrected chi connectivity index (χ4v) is 0.691. The Morgan fingerprint density at radius 2 is 2.36 bits per heavy atom. The predicted octanol–water partition coefficient (Wildman–Crippen LogP) is -0.733. The van der Waals surface area contributed by atoms with Gasteiger partial charge in [-0.1, -0.05) is 0 Å². The molecule has 58 valence electrons. The van der Waals surface area contributed by atoms with Crippen molar-refractivity contribution in [2.24, 2.45) is 5.84 Å². The van der Waals surface area contributed by atoms with Crippen molar-refractivity contribution < 1.29 is 4.79 Å². The van der Waals surface area contributed by atoms with Gasteiger partial charge < -0.3 is 5.73 Å². The van der Waals surface area contributed by atoms with E-state index in [-0.39, 0.29) is 0 Å². The Labute approximate surface area is 63.4 Å². The van der Waals surface area contributed by atoms with E-state index in [2.05, 4.69) is 4.98 Å². The lowest BCUT2D eigenvalue weighted by atomic mass is 10.2. The minimum absolute atomic E-state index is 0.315. The standard InChI is InChI=1S/C6H8N4O/c7-5-3-9-2-1-4(5)6(11)10-8/h1-3H,7-8H2,(H,10,11). The van der Waals surface area contributed by atoms with E-state index >= 15 is 0 Å². The Morgan fingerprint density at radius 3 is 2.91 bits per heavy atom. The summed E-state index contributed by atoms with van der Waals surface area (Å²) in [5.41, 5.74) is 8.04. The number of carbonyl (C=O) groups excluding carboxylic acids is 1. The maximum atomic E-state index is 10.9. The third-order valence-electron chi connectivity index (χ3n) is 1.23. The van der Waals surface area contributed by atoms with Gasteiger partial charge in [0.25, 0.3) is 5.91 Å². The number of amides is 1. The largest absolute Gasteiger partial charge is 0.397 e. The van der Waals surface area contributed by atoms with Gasteiger partial charge in [0.15, 0.2) is 0 Å². The molecule has 1 amide bonds. The molecule has 1 aromatic rings. The van der Waals surface area contributed by atoms with Gasteiger partial charge in [-0.15, -0.1) is 0 Å². The molecular weight excluding hydrogens is 144 g/mol. The molecule has 0 bridgehead atoms. The van der Waals surface area contributed by atoms with Crippen LogP contribution in [0.3, 0.4) is 0 Å². The molecule has 5 heteroatoms. The van der Waals surface area contributed by atoms with Crippen LogP contribution in [0.1, 0.15) is 10.4 Å². The zero-order valence-electron chi connectivity index (χ0n) is 5.74. The number of carbonyl (C=O) groups is 1. The third kappa shape index (κ3) is 1.44. The molecule has 0 aromatic carbocycles. The van der Waals surface area contributed by atoms with E-state index in [1.165, 1.54) is 18.5 Å². The summed E-state index contributed by atoms with van der Waals surface area (Å²) in [5.74, 6) is 4.49. The van der Waals surface area contributed by atoms with Crippen LogP contribution in [0.2, 0.25) is 0 Å². The van der Waals surface area contributed by atoms with E-state index in [0.717, 1.165) is 0 Å². The number of nitrogens with two attached hydrogens (primary N) is 2. The van der Waals surface area contributed by atoms with Gasteiger partial charge in [0, 0.05) is 6.20 Å². The van der Waals surface area contributed by atoms with Gasteiger partial charge in [0.2, 0.25) is 0 Å². The number of nitrogen functional groups attached to an aromatic ring is 2. The summed E-state index contributed by atoms with van der Waals surface area (Å²) in [5, 5.41) is 0. The van der Waals surface area contributed by atoms with Crippen LogP contribution in [0, 0.1) is 0 Å². The lowest BCUT2D eigenvalue weighted by molar-refractivity contribution is 0.0954. The quantitative estimate of drug-likeness (QED) is 0.281. The van der Waals surface area contributed by atoms with Gasteiger partial charge in [-0.2, -0.15) is 0 Å². The first-order chi connectivity index (χ1) is 5.25. The molecule has 5 nitrogen and oxygen atoms in total. The number of hydrazine groups is 1. The first-order valence-corrected chi connectivity index (χ1v) is 2.96. The van der Waals surface area contributed by atoms with E-state index in [9.17, 15) is 4.79 Å². The molecule has 0 radical (unpaired) electrons. The Balaban J connectivity index is 3.03.